The van der Waals surface area contributed by atoms with Crippen LogP contribution in [0.4, 0.5) is 23.1 Å². The van der Waals surface area contributed by atoms with Crippen LogP contribution in [0.2, 0.25) is 0 Å². The first-order chi connectivity index (χ1) is 12.2. The van der Waals surface area contributed by atoms with Crippen LogP contribution in [-0.2, 0) is 17.4 Å². The molecule has 10 heteroatoms. The summed E-state index contributed by atoms with van der Waals surface area (Å²) in [4.78, 5) is 26.8. The van der Waals surface area contributed by atoms with Gasteiger partial charge in [0.05, 0.1) is 5.56 Å². The number of nitrogens with zero attached hydrogens (tertiary/aromatic N) is 1. The second kappa shape index (κ2) is 8.65. The van der Waals surface area contributed by atoms with E-state index in [1.165, 1.54) is 23.5 Å². The van der Waals surface area contributed by atoms with E-state index in [2.05, 4.69) is 15.6 Å². The number of amides is 2. The summed E-state index contributed by atoms with van der Waals surface area (Å²) in [5.74, 6) is -0.931. The van der Waals surface area contributed by atoms with Crippen molar-refractivity contribution in [1.29, 1.82) is 0 Å². The summed E-state index contributed by atoms with van der Waals surface area (Å²) >= 11 is 1.21. The maximum Gasteiger partial charge on any atom is 0.416 e. The Bertz CT molecular complexity index is 760. The van der Waals surface area contributed by atoms with E-state index >= 15 is 0 Å². The van der Waals surface area contributed by atoms with Gasteiger partial charge in [-0.2, -0.15) is 13.2 Å². The first-order valence-corrected chi connectivity index (χ1v) is 8.43. The molecule has 0 fully saturated rings. The van der Waals surface area contributed by atoms with Gasteiger partial charge in [0.1, 0.15) is 0 Å². The molecule has 6 nitrogen and oxygen atoms in total. The van der Waals surface area contributed by atoms with E-state index in [1.807, 2.05) is 0 Å². The number of anilines is 1. The average molecular weight is 387 g/mol. The largest absolute Gasteiger partial charge is 0.481 e. The highest BCUT2D eigenvalue weighted by molar-refractivity contribution is 7.15. The zero-order valence-corrected chi connectivity index (χ0v) is 14.3. The molecular weight excluding hydrogens is 371 g/mol. The molecule has 1 heterocycles. The molecule has 0 radical (unpaired) electrons. The number of benzene rings is 1. The molecular formula is C16H16F3N3O3S. The fourth-order valence-corrected chi connectivity index (χ4v) is 2.88. The Kier molecular flexibility index (Phi) is 6.56. The number of carbonyl (C=O) groups is 2. The first kappa shape index (κ1) is 19.7. The van der Waals surface area contributed by atoms with E-state index in [4.69, 9.17) is 5.11 Å². The van der Waals surface area contributed by atoms with Gasteiger partial charge in [-0.25, -0.2) is 9.78 Å². The quantitative estimate of drug-likeness (QED) is 0.631. The van der Waals surface area contributed by atoms with Gasteiger partial charge in [-0.05, 0) is 24.1 Å². The second-order valence-electron chi connectivity index (χ2n) is 5.38. The van der Waals surface area contributed by atoms with Crippen molar-refractivity contribution in [1.82, 2.24) is 10.3 Å². The molecule has 0 aliphatic rings. The molecule has 0 atom stereocenters. The highest BCUT2D eigenvalue weighted by Gasteiger charge is 2.29. The second-order valence-corrected chi connectivity index (χ2v) is 6.50. The highest BCUT2D eigenvalue weighted by atomic mass is 32.1. The smallest absolute Gasteiger partial charge is 0.416 e. The number of urea groups is 1. The number of rotatable bonds is 7. The van der Waals surface area contributed by atoms with Gasteiger partial charge in [-0.3, -0.25) is 10.1 Å². The van der Waals surface area contributed by atoms with Crippen molar-refractivity contribution in [2.24, 2.45) is 0 Å². The number of carboxylic acid groups (broad SMARTS) is 1. The minimum Gasteiger partial charge on any atom is -0.481 e. The van der Waals surface area contributed by atoms with Gasteiger partial charge in [0, 0.05) is 30.5 Å². The van der Waals surface area contributed by atoms with Crippen molar-refractivity contribution in [3.05, 3.63) is 46.5 Å². The Balaban J connectivity index is 1.83. The molecule has 0 aliphatic carbocycles. The molecule has 140 valence electrons. The predicted molar refractivity (Wildman–Crippen MR) is 90.3 cm³/mol. The van der Waals surface area contributed by atoms with Crippen LogP contribution in [0.1, 0.15) is 28.8 Å². The number of carbonyl (C=O) groups excluding carboxylic acids is 1. The van der Waals surface area contributed by atoms with Crippen LogP contribution >= 0.6 is 11.3 Å². The molecule has 3 N–H and O–H groups in total. The standard InChI is InChI=1S/C16H16F3N3O3S/c17-16(18,19)11-5-3-10(4-6-11)8-12-9-21-15(26-12)22-14(25)20-7-1-2-13(23)24/h3-6,9H,1-2,7-8H2,(H,23,24)(H2,20,21,22,25). The van der Waals surface area contributed by atoms with Gasteiger partial charge in [0.25, 0.3) is 0 Å². The Hall–Kier alpha value is -2.62. The van der Waals surface area contributed by atoms with Crippen LogP contribution in [0.3, 0.4) is 0 Å². The van der Waals surface area contributed by atoms with Crippen LogP contribution in [-0.4, -0.2) is 28.6 Å². The van der Waals surface area contributed by atoms with Crippen molar-refractivity contribution in [2.75, 3.05) is 11.9 Å². The van der Waals surface area contributed by atoms with Gasteiger partial charge in [-0.1, -0.05) is 12.1 Å². The number of thiazole rings is 1. The summed E-state index contributed by atoms with van der Waals surface area (Å²) in [6.07, 6.45) is -2.13. The van der Waals surface area contributed by atoms with Crippen LogP contribution in [0.25, 0.3) is 0 Å². The SMILES string of the molecule is O=C(O)CCCNC(=O)Nc1ncc(Cc2ccc(C(F)(F)F)cc2)s1. The third kappa shape index (κ3) is 6.36. The monoisotopic (exact) mass is 387 g/mol. The highest BCUT2D eigenvalue weighted by Crippen LogP contribution is 2.29. The van der Waals surface area contributed by atoms with E-state index < -0.39 is 23.7 Å². The molecule has 0 bridgehead atoms. The Morgan fingerprint density at radius 2 is 1.88 bits per heavy atom. The third-order valence-electron chi connectivity index (χ3n) is 3.29. The van der Waals surface area contributed by atoms with Crippen LogP contribution in [0.15, 0.2) is 30.5 Å². The van der Waals surface area contributed by atoms with E-state index in [1.54, 1.807) is 6.20 Å². The molecule has 1 aromatic carbocycles. The Morgan fingerprint density at radius 1 is 1.19 bits per heavy atom. The number of nitrogens with one attached hydrogen (secondary N) is 2. The molecule has 0 saturated carbocycles. The van der Waals surface area contributed by atoms with Crippen molar-refractivity contribution >= 4 is 28.5 Å². The number of carboxylic acids is 1. The summed E-state index contributed by atoms with van der Waals surface area (Å²) in [5.41, 5.74) is -0.00111. The lowest BCUT2D eigenvalue weighted by Crippen LogP contribution is -2.29. The number of halogens is 3. The molecule has 1 aromatic heterocycles. The van der Waals surface area contributed by atoms with Crippen LogP contribution < -0.4 is 10.6 Å². The van der Waals surface area contributed by atoms with Gasteiger partial charge in [-0.15, -0.1) is 11.3 Å². The van der Waals surface area contributed by atoms with Gasteiger partial charge in [0.15, 0.2) is 5.13 Å². The average Bonchev–Trinajstić information content (AvgIpc) is 2.98. The van der Waals surface area contributed by atoms with E-state index in [9.17, 15) is 22.8 Å². The lowest BCUT2D eigenvalue weighted by atomic mass is 10.1. The lowest BCUT2D eigenvalue weighted by Gasteiger charge is -2.07. The molecule has 0 aliphatic heterocycles. The van der Waals surface area contributed by atoms with Crippen molar-refractivity contribution < 1.29 is 27.9 Å². The van der Waals surface area contributed by atoms with Gasteiger partial charge >= 0.3 is 18.2 Å². The molecule has 2 rings (SSSR count). The maximum atomic E-state index is 12.5. The van der Waals surface area contributed by atoms with E-state index in [0.29, 0.717) is 23.5 Å². The molecule has 2 amide bonds. The zero-order valence-electron chi connectivity index (χ0n) is 13.5. The fraction of sp³-hybridized carbons (Fsp3) is 0.312. The summed E-state index contributed by atoms with van der Waals surface area (Å²) in [5, 5.41) is 13.9. The molecule has 26 heavy (non-hydrogen) atoms. The number of aliphatic carboxylic acids is 1. The summed E-state index contributed by atoms with van der Waals surface area (Å²) < 4.78 is 37.6. The fourth-order valence-electron chi connectivity index (χ4n) is 2.04. The van der Waals surface area contributed by atoms with Crippen molar-refractivity contribution in [3.63, 3.8) is 0 Å². The maximum absolute atomic E-state index is 12.5. The summed E-state index contributed by atoms with van der Waals surface area (Å²) in [7, 11) is 0. The minimum absolute atomic E-state index is 0.0329. The third-order valence-corrected chi connectivity index (χ3v) is 4.20. The molecule has 0 unspecified atom stereocenters. The lowest BCUT2D eigenvalue weighted by molar-refractivity contribution is -0.138. The molecule has 0 spiro atoms. The normalized spacial score (nSPS) is 11.2. The minimum atomic E-state index is -4.36. The van der Waals surface area contributed by atoms with Gasteiger partial charge in [0.2, 0.25) is 0 Å². The summed E-state index contributed by atoms with van der Waals surface area (Å²) in [6.45, 7) is 0.224. The predicted octanol–water partition coefficient (Wildman–Crippen LogP) is 3.74. The number of aromatic nitrogens is 1. The van der Waals surface area contributed by atoms with Crippen LogP contribution in [0.5, 0.6) is 0 Å². The Labute approximate surface area is 151 Å². The number of hydrogen-bond donors (Lipinski definition) is 3. The topological polar surface area (TPSA) is 91.3 Å². The first-order valence-electron chi connectivity index (χ1n) is 7.61. The van der Waals surface area contributed by atoms with Crippen molar-refractivity contribution in [2.45, 2.75) is 25.4 Å². The van der Waals surface area contributed by atoms with Crippen molar-refractivity contribution in [3.8, 4) is 0 Å². The molecule has 0 saturated heterocycles. The zero-order chi connectivity index (χ0) is 19.2. The Morgan fingerprint density at radius 3 is 2.50 bits per heavy atom. The molecule has 2 aromatic rings. The van der Waals surface area contributed by atoms with Crippen LogP contribution in [0, 0.1) is 0 Å². The van der Waals surface area contributed by atoms with E-state index in [-0.39, 0.29) is 13.0 Å². The number of hydrogen-bond acceptors (Lipinski definition) is 4. The van der Waals surface area contributed by atoms with E-state index in [0.717, 1.165) is 17.0 Å². The number of alkyl halides is 3. The summed E-state index contributed by atoms with van der Waals surface area (Å²) in [6, 6.07) is 4.38. The van der Waals surface area contributed by atoms with Gasteiger partial charge < -0.3 is 10.4 Å².